The highest BCUT2D eigenvalue weighted by atomic mass is 35.5. The van der Waals surface area contributed by atoms with Gasteiger partial charge in [0, 0.05) is 33.8 Å². The molecule has 0 radical (unpaired) electrons. The Labute approximate surface area is 210 Å². The van der Waals surface area contributed by atoms with Crippen LogP contribution in [0.5, 0.6) is 0 Å². The summed E-state index contributed by atoms with van der Waals surface area (Å²) in [6.45, 7) is 1.81. The standard InChI is InChI=1S/C24H17Cl2N7O2/c1-14-10-18(19(12-27)15-2-4-16(25)5-3-15)20(26)11-21(14)32-24-22(33(34)35)23(29-13-30-24)31-17-6-8-28-9-7-17/h2-11,13,19H,1H3,(H2,28,29,30,31,32). The van der Waals surface area contributed by atoms with Crippen molar-refractivity contribution in [3.05, 3.63) is 104 Å². The van der Waals surface area contributed by atoms with Crippen molar-refractivity contribution in [1.82, 2.24) is 15.0 Å². The van der Waals surface area contributed by atoms with Gasteiger partial charge >= 0.3 is 5.69 Å². The van der Waals surface area contributed by atoms with Crippen molar-refractivity contribution in [2.24, 2.45) is 0 Å². The van der Waals surface area contributed by atoms with Crippen LogP contribution >= 0.6 is 23.2 Å². The van der Waals surface area contributed by atoms with Gasteiger partial charge in [0.05, 0.1) is 16.9 Å². The second-order valence-electron chi connectivity index (χ2n) is 7.46. The molecular weight excluding hydrogens is 489 g/mol. The molecule has 2 heterocycles. The summed E-state index contributed by atoms with van der Waals surface area (Å²) in [5.74, 6) is -0.605. The number of nitro groups is 1. The molecule has 2 aromatic carbocycles. The average molecular weight is 506 g/mol. The first-order valence-corrected chi connectivity index (χ1v) is 11.0. The van der Waals surface area contributed by atoms with Gasteiger partial charge in [0.2, 0.25) is 11.6 Å². The predicted molar refractivity (Wildman–Crippen MR) is 135 cm³/mol. The second-order valence-corrected chi connectivity index (χ2v) is 8.31. The second kappa shape index (κ2) is 10.3. The minimum atomic E-state index is -0.614. The van der Waals surface area contributed by atoms with Crippen LogP contribution in [0.3, 0.4) is 0 Å². The molecule has 0 saturated heterocycles. The SMILES string of the molecule is Cc1cc(C(C#N)c2ccc(Cl)cc2)c(Cl)cc1Nc1ncnc(Nc2ccncc2)c1[N+](=O)[O-]. The van der Waals surface area contributed by atoms with Gasteiger partial charge < -0.3 is 10.6 Å². The zero-order valence-electron chi connectivity index (χ0n) is 18.2. The normalized spacial score (nSPS) is 11.4. The van der Waals surface area contributed by atoms with Crippen LogP contribution in [-0.4, -0.2) is 19.9 Å². The highest BCUT2D eigenvalue weighted by Gasteiger charge is 2.25. The van der Waals surface area contributed by atoms with Crippen molar-refractivity contribution in [3.8, 4) is 6.07 Å². The number of aromatic nitrogens is 3. The maximum atomic E-state index is 11.9. The Morgan fingerprint density at radius 3 is 2.31 bits per heavy atom. The lowest BCUT2D eigenvalue weighted by molar-refractivity contribution is -0.383. The molecule has 174 valence electrons. The summed E-state index contributed by atoms with van der Waals surface area (Å²) in [7, 11) is 0. The molecule has 1 unspecified atom stereocenters. The molecule has 9 nitrogen and oxygen atoms in total. The smallest absolute Gasteiger partial charge is 0.334 e. The van der Waals surface area contributed by atoms with Crippen molar-refractivity contribution in [3.63, 3.8) is 0 Å². The van der Waals surface area contributed by atoms with Gasteiger partial charge in [-0.3, -0.25) is 15.1 Å². The quantitative estimate of drug-likeness (QED) is 0.214. The Kier molecular flexibility index (Phi) is 7.06. The fourth-order valence-electron chi connectivity index (χ4n) is 3.47. The van der Waals surface area contributed by atoms with E-state index in [9.17, 15) is 15.4 Å². The number of nitrogens with one attached hydrogen (secondary N) is 2. The molecule has 11 heteroatoms. The third-order valence-corrected chi connectivity index (χ3v) is 5.77. The summed E-state index contributed by atoms with van der Waals surface area (Å²) in [5, 5.41) is 28.5. The first-order chi connectivity index (χ1) is 16.9. The first kappa shape index (κ1) is 23.9. The monoisotopic (exact) mass is 505 g/mol. The Bertz CT molecular complexity index is 1420. The van der Waals surface area contributed by atoms with E-state index in [0.717, 1.165) is 11.1 Å². The number of aryl methyl sites for hydroxylation is 1. The van der Waals surface area contributed by atoms with Gasteiger partial charge in [-0.25, -0.2) is 9.97 Å². The number of pyridine rings is 1. The maximum Gasteiger partial charge on any atom is 0.353 e. The van der Waals surface area contributed by atoms with Crippen LogP contribution in [0, 0.1) is 28.4 Å². The molecule has 35 heavy (non-hydrogen) atoms. The van der Waals surface area contributed by atoms with Crippen LogP contribution in [0.4, 0.5) is 28.7 Å². The summed E-state index contributed by atoms with van der Waals surface area (Å²) in [6, 6.07) is 16.0. The Morgan fingerprint density at radius 1 is 1.03 bits per heavy atom. The van der Waals surface area contributed by atoms with Crippen molar-refractivity contribution in [2.75, 3.05) is 10.6 Å². The first-order valence-electron chi connectivity index (χ1n) is 10.3. The molecule has 0 amide bonds. The lowest BCUT2D eigenvalue weighted by Gasteiger charge is -2.16. The number of hydrogen-bond donors (Lipinski definition) is 2. The number of benzene rings is 2. The van der Waals surface area contributed by atoms with E-state index in [1.807, 2.05) is 6.92 Å². The molecule has 0 fully saturated rings. The van der Waals surface area contributed by atoms with Gasteiger partial charge in [0.1, 0.15) is 6.33 Å². The van der Waals surface area contributed by atoms with E-state index >= 15 is 0 Å². The van der Waals surface area contributed by atoms with Gasteiger partial charge in [-0.1, -0.05) is 41.4 Å². The molecule has 4 rings (SSSR count). The van der Waals surface area contributed by atoms with Crippen LogP contribution < -0.4 is 10.6 Å². The molecule has 0 aliphatic heterocycles. The van der Waals surface area contributed by atoms with E-state index < -0.39 is 10.8 Å². The number of nitrogens with zero attached hydrogens (tertiary/aromatic N) is 5. The number of halogens is 2. The largest absolute Gasteiger partial charge is 0.353 e. The van der Waals surface area contributed by atoms with Crippen LogP contribution in [0.2, 0.25) is 10.0 Å². The minimum absolute atomic E-state index is 0.0111. The summed E-state index contributed by atoms with van der Waals surface area (Å²) in [5.41, 5.74) is 2.83. The van der Waals surface area contributed by atoms with E-state index in [1.165, 1.54) is 6.33 Å². The zero-order chi connectivity index (χ0) is 24.9. The van der Waals surface area contributed by atoms with Crippen molar-refractivity contribution >= 4 is 51.9 Å². The lowest BCUT2D eigenvalue weighted by atomic mass is 9.91. The fraction of sp³-hybridized carbons (Fsp3) is 0.0833. The van der Waals surface area contributed by atoms with Gasteiger partial charge in [-0.05, 0) is 53.9 Å². The topological polar surface area (TPSA) is 130 Å². The number of anilines is 4. The Hall–Kier alpha value is -4.26. The van der Waals surface area contributed by atoms with Gasteiger partial charge in [-0.2, -0.15) is 5.26 Å². The van der Waals surface area contributed by atoms with E-state index in [-0.39, 0.29) is 17.3 Å². The number of rotatable bonds is 7. The summed E-state index contributed by atoms with van der Waals surface area (Å²) in [4.78, 5) is 23.4. The number of nitriles is 1. The van der Waals surface area contributed by atoms with Crippen molar-refractivity contribution < 1.29 is 4.92 Å². The Morgan fingerprint density at radius 2 is 1.69 bits per heavy atom. The predicted octanol–water partition coefficient (Wildman–Crippen LogP) is 6.54. The lowest BCUT2D eigenvalue weighted by Crippen LogP contribution is -2.07. The molecule has 0 spiro atoms. The highest BCUT2D eigenvalue weighted by molar-refractivity contribution is 6.32. The molecule has 0 bridgehead atoms. The van der Waals surface area contributed by atoms with E-state index in [4.69, 9.17) is 23.2 Å². The van der Waals surface area contributed by atoms with Crippen LogP contribution in [0.15, 0.2) is 67.3 Å². The van der Waals surface area contributed by atoms with Gasteiger partial charge in [-0.15, -0.1) is 0 Å². The van der Waals surface area contributed by atoms with E-state index in [2.05, 4.69) is 31.7 Å². The maximum absolute atomic E-state index is 11.9. The van der Waals surface area contributed by atoms with Gasteiger partial charge in [0.15, 0.2) is 0 Å². The Balaban J connectivity index is 1.69. The molecular formula is C24H17Cl2N7O2. The third-order valence-electron chi connectivity index (χ3n) is 5.19. The summed E-state index contributed by atoms with van der Waals surface area (Å²) < 4.78 is 0. The van der Waals surface area contributed by atoms with Gasteiger partial charge in [0.25, 0.3) is 0 Å². The molecule has 2 N–H and O–H groups in total. The van der Waals surface area contributed by atoms with Crippen LogP contribution in [-0.2, 0) is 0 Å². The highest BCUT2D eigenvalue weighted by Crippen LogP contribution is 2.37. The fourth-order valence-corrected chi connectivity index (χ4v) is 3.87. The molecule has 2 aromatic heterocycles. The molecule has 0 saturated carbocycles. The third kappa shape index (κ3) is 5.30. The zero-order valence-corrected chi connectivity index (χ0v) is 19.7. The molecule has 4 aromatic rings. The summed E-state index contributed by atoms with van der Waals surface area (Å²) >= 11 is 12.5. The van der Waals surface area contributed by atoms with Crippen LogP contribution in [0.1, 0.15) is 22.6 Å². The molecule has 1 atom stereocenters. The average Bonchev–Trinajstić information content (AvgIpc) is 2.84. The minimum Gasteiger partial charge on any atom is -0.334 e. The van der Waals surface area contributed by atoms with Crippen molar-refractivity contribution in [2.45, 2.75) is 12.8 Å². The number of hydrogen-bond acceptors (Lipinski definition) is 8. The molecule has 0 aliphatic rings. The van der Waals surface area contributed by atoms with E-state index in [0.29, 0.717) is 27.0 Å². The summed E-state index contributed by atoms with van der Waals surface area (Å²) in [6.07, 6.45) is 4.33. The van der Waals surface area contributed by atoms with Crippen molar-refractivity contribution in [1.29, 1.82) is 5.26 Å². The van der Waals surface area contributed by atoms with Crippen LogP contribution in [0.25, 0.3) is 0 Å². The van der Waals surface area contributed by atoms with E-state index in [1.54, 1.807) is 60.9 Å². The molecule has 0 aliphatic carbocycles.